The van der Waals surface area contributed by atoms with E-state index in [1.54, 1.807) is 7.11 Å². The fourth-order valence-electron chi connectivity index (χ4n) is 4.81. The SMILES string of the molecule is COc1ccc2nccc(CCC[C@@H]3CCN(CC#Cc4ccc(C)cc4)C[C@@H]3C(=O)O)c2c1. The van der Waals surface area contributed by atoms with Gasteiger partial charge in [-0.15, -0.1) is 0 Å². The van der Waals surface area contributed by atoms with Crippen molar-refractivity contribution in [1.29, 1.82) is 0 Å². The Kier molecular flexibility index (Phi) is 7.82. The van der Waals surface area contributed by atoms with E-state index in [0.717, 1.165) is 54.4 Å². The van der Waals surface area contributed by atoms with Gasteiger partial charge in [0, 0.05) is 23.7 Å². The normalized spacial score (nSPS) is 18.3. The first-order valence-corrected chi connectivity index (χ1v) is 12.0. The minimum Gasteiger partial charge on any atom is -0.497 e. The number of aryl methyl sites for hydroxylation is 2. The third-order valence-corrected chi connectivity index (χ3v) is 6.80. The highest BCUT2D eigenvalue weighted by atomic mass is 16.5. The number of likely N-dealkylation sites (tertiary alicyclic amines) is 1. The van der Waals surface area contributed by atoms with Crippen LogP contribution in [0.2, 0.25) is 0 Å². The Morgan fingerprint density at radius 2 is 2.03 bits per heavy atom. The standard InChI is InChI=1S/C29H32N2O3/c1-21-8-10-22(11-9-21)5-4-17-31-18-15-24(27(20-31)29(32)33)7-3-6-23-14-16-30-28-13-12-25(34-2)19-26(23)28/h8-14,16,19,24,27H,3,6-7,15,17-18,20H2,1-2H3,(H,32,33)/t24-,27+/m1/s1. The maximum atomic E-state index is 12.0. The molecule has 34 heavy (non-hydrogen) atoms. The molecule has 1 aromatic heterocycles. The number of carboxylic acids is 1. The molecule has 176 valence electrons. The first-order valence-electron chi connectivity index (χ1n) is 12.0. The van der Waals surface area contributed by atoms with Crippen LogP contribution in [0.3, 0.4) is 0 Å². The minimum absolute atomic E-state index is 0.196. The van der Waals surface area contributed by atoms with Crippen LogP contribution in [-0.2, 0) is 11.2 Å². The quantitative estimate of drug-likeness (QED) is 0.510. The van der Waals surface area contributed by atoms with Crippen LogP contribution in [0.1, 0.15) is 36.0 Å². The zero-order chi connectivity index (χ0) is 23.9. The van der Waals surface area contributed by atoms with E-state index >= 15 is 0 Å². The highest BCUT2D eigenvalue weighted by Gasteiger charge is 2.33. The summed E-state index contributed by atoms with van der Waals surface area (Å²) in [6.45, 7) is 4.13. The van der Waals surface area contributed by atoms with Crippen molar-refractivity contribution in [1.82, 2.24) is 9.88 Å². The number of aliphatic carboxylic acids is 1. The first-order chi connectivity index (χ1) is 16.5. The topological polar surface area (TPSA) is 62.7 Å². The van der Waals surface area contributed by atoms with E-state index in [1.807, 2.05) is 36.5 Å². The molecule has 0 aliphatic carbocycles. The van der Waals surface area contributed by atoms with Crippen LogP contribution in [0, 0.1) is 30.6 Å². The number of ether oxygens (including phenoxy) is 1. The number of aromatic nitrogens is 1. The lowest BCUT2D eigenvalue weighted by Crippen LogP contribution is -2.44. The predicted octanol–water partition coefficient (Wildman–Crippen LogP) is 4.95. The predicted molar refractivity (Wildman–Crippen MR) is 135 cm³/mol. The number of methoxy groups -OCH3 is 1. The summed E-state index contributed by atoms with van der Waals surface area (Å²) in [7, 11) is 1.67. The highest BCUT2D eigenvalue weighted by Crippen LogP contribution is 2.30. The number of hydrogen-bond acceptors (Lipinski definition) is 4. The van der Waals surface area contributed by atoms with Crippen LogP contribution < -0.4 is 4.74 Å². The van der Waals surface area contributed by atoms with Crippen molar-refractivity contribution in [3.63, 3.8) is 0 Å². The van der Waals surface area contributed by atoms with Crippen molar-refractivity contribution in [2.45, 2.75) is 32.6 Å². The number of carbonyl (C=O) groups is 1. The molecule has 2 atom stereocenters. The summed E-state index contributed by atoms with van der Waals surface area (Å²) in [5, 5.41) is 11.0. The van der Waals surface area contributed by atoms with E-state index in [-0.39, 0.29) is 11.8 Å². The smallest absolute Gasteiger partial charge is 0.308 e. The second kappa shape index (κ2) is 11.2. The first kappa shape index (κ1) is 23.8. The van der Waals surface area contributed by atoms with Gasteiger partial charge < -0.3 is 9.84 Å². The Hall–Kier alpha value is -3.36. The number of pyridine rings is 1. The zero-order valence-corrected chi connectivity index (χ0v) is 20.0. The van der Waals surface area contributed by atoms with Crippen molar-refractivity contribution in [2.24, 2.45) is 11.8 Å². The van der Waals surface area contributed by atoms with Gasteiger partial charge in [0.2, 0.25) is 0 Å². The fourth-order valence-corrected chi connectivity index (χ4v) is 4.81. The van der Waals surface area contributed by atoms with Gasteiger partial charge in [0.1, 0.15) is 5.75 Å². The van der Waals surface area contributed by atoms with Crippen LogP contribution in [0.5, 0.6) is 5.75 Å². The van der Waals surface area contributed by atoms with Crippen molar-refractivity contribution in [3.05, 3.63) is 71.4 Å². The second-order valence-electron chi connectivity index (χ2n) is 9.14. The monoisotopic (exact) mass is 456 g/mol. The van der Waals surface area contributed by atoms with E-state index in [9.17, 15) is 9.90 Å². The Bertz CT molecular complexity index is 1190. The van der Waals surface area contributed by atoms with E-state index in [1.165, 1.54) is 11.1 Å². The molecule has 4 rings (SSSR count). The molecule has 0 amide bonds. The molecule has 2 heterocycles. The van der Waals surface area contributed by atoms with Gasteiger partial charge in [-0.3, -0.25) is 14.7 Å². The molecule has 1 aliphatic heterocycles. The lowest BCUT2D eigenvalue weighted by molar-refractivity contribution is -0.146. The van der Waals surface area contributed by atoms with Gasteiger partial charge in [0.25, 0.3) is 0 Å². The number of carboxylic acid groups (broad SMARTS) is 1. The number of hydrogen-bond donors (Lipinski definition) is 1. The lowest BCUT2D eigenvalue weighted by Gasteiger charge is -2.35. The molecule has 1 fully saturated rings. The van der Waals surface area contributed by atoms with Gasteiger partial charge in [-0.2, -0.15) is 0 Å². The maximum absolute atomic E-state index is 12.0. The highest BCUT2D eigenvalue weighted by molar-refractivity contribution is 5.83. The van der Waals surface area contributed by atoms with Crippen LogP contribution >= 0.6 is 0 Å². The van der Waals surface area contributed by atoms with E-state index in [2.05, 4.69) is 46.8 Å². The summed E-state index contributed by atoms with van der Waals surface area (Å²) in [5.41, 5.74) is 4.41. The van der Waals surface area contributed by atoms with Crippen LogP contribution in [0.25, 0.3) is 10.9 Å². The third-order valence-electron chi connectivity index (χ3n) is 6.80. The molecule has 3 aromatic rings. The molecule has 0 saturated carbocycles. The number of nitrogens with zero attached hydrogens (tertiary/aromatic N) is 2. The third kappa shape index (κ3) is 5.95. The molecule has 1 N–H and O–H groups in total. The summed E-state index contributed by atoms with van der Waals surface area (Å²) >= 11 is 0. The number of piperidine rings is 1. The molecule has 2 aromatic carbocycles. The second-order valence-corrected chi connectivity index (χ2v) is 9.14. The molecular weight excluding hydrogens is 424 g/mol. The maximum Gasteiger partial charge on any atom is 0.308 e. The van der Waals surface area contributed by atoms with Crippen molar-refractivity contribution >= 4 is 16.9 Å². The van der Waals surface area contributed by atoms with Crippen molar-refractivity contribution < 1.29 is 14.6 Å². The molecule has 0 unspecified atom stereocenters. The van der Waals surface area contributed by atoms with Gasteiger partial charge in [-0.05, 0) is 87.0 Å². The largest absolute Gasteiger partial charge is 0.497 e. The van der Waals surface area contributed by atoms with Gasteiger partial charge in [0.15, 0.2) is 0 Å². The summed E-state index contributed by atoms with van der Waals surface area (Å²) in [4.78, 5) is 18.7. The molecule has 5 nitrogen and oxygen atoms in total. The average Bonchev–Trinajstić information content (AvgIpc) is 2.85. The Morgan fingerprint density at radius 1 is 1.21 bits per heavy atom. The summed E-state index contributed by atoms with van der Waals surface area (Å²) in [6, 6.07) is 16.2. The van der Waals surface area contributed by atoms with Gasteiger partial charge in [0.05, 0.1) is 25.1 Å². The molecule has 0 bridgehead atoms. The van der Waals surface area contributed by atoms with E-state index < -0.39 is 5.97 Å². The van der Waals surface area contributed by atoms with Gasteiger partial charge in [-0.25, -0.2) is 0 Å². The zero-order valence-electron chi connectivity index (χ0n) is 20.0. The van der Waals surface area contributed by atoms with Gasteiger partial charge >= 0.3 is 5.97 Å². The Labute approximate surface area is 201 Å². The number of fused-ring (bicyclic) bond motifs is 1. The lowest BCUT2D eigenvalue weighted by atomic mass is 9.81. The molecule has 1 aliphatic rings. The summed E-state index contributed by atoms with van der Waals surface area (Å²) in [6.07, 6.45) is 5.51. The van der Waals surface area contributed by atoms with Crippen molar-refractivity contribution in [2.75, 3.05) is 26.7 Å². The van der Waals surface area contributed by atoms with E-state index in [4.69, 9.17) is 4.74 Å². The summed E-state index contributed by atoms with van der Waals surface area (Å²) in [5.74, 6) is 6.40. The van der Waals surface area contributed by atoms with Gasteiger partial charge in [-0.1, -0.05) is 29.5 Å². The number of rotatable bonds is 7. The molecule has 1 saturated heterocycles. The minimum atomic E-state index is -0.694. The van der Waals surface area contributed by atoms with Crippen LogP contribution in [0.4, 0.5) is 0 Å². The number of benzene rings is 2. The molecular formula is C29H32N2O3. The summed E-state index contributed by atoms with van der Waals surface area (Å²) < 4.78 is 5.38. The Morgan fingerprint density at radius 3 is 2.79 bits per heavy atom. The fraction of sp³-hybridized carbons (Fsp3) is 0.379. The van der Waals surface area contributed by atoms with Crippen molar-refractivity contribution in [3.8, 4) is 17.6 Å². The molecule has 0 radical (unpaired) electrons. The van der Waals surface area contributed by atoms with Crippen LogP contribution in [0.15, 0.2) is 54.7 Å². The molecule has 5 heteroatoms. The van der Waals surface area contributed by atoms with E-state index in [0.29, 0.717) is 13.1 Å². The van der Waals surface area contributed by atoms with Crippen LogP contribution in [-0.4, -0.2) is 47.7 Å². The average molecular weight is 457 g/mol. The molecule has 0 spiro atoms. The Balaban J connectivity index is 1.33.